The lowest BCUT2D eigenvalue weighted by Crippen LogP contribution is -2.26. The molecular formula is C15H24N4. The van der Waals surface area contributed by atoms with Gasteiger partial charge in [-0.15, -0.1) is 0 Å². The van der Waals surface area contributed by atoms with E-state index in [1.165, 1.54) is 24.9 Å². The second-order valence-electron chi connectivity index (χ2n) is 5.93. The van der Waals surface area contributed by atoms with Crippen molar-refractivity contribution in [1.29, 1.82) is 0 Å². The van der Waals surface area contributed by atoms with Crippen LogP contribution in [-0.2, 0) is 0 Å². The molecule has 1 aromatic rings. The van der Waals surface area contributed by atoms with Gasteiger partial charge in [0.05, 0.1) is 5.69 Å². The molecule has 0 radical (unpaired) electrons. The Bertz CT molecular complexity index is 418. The number of pyridine rings is 1. The van der Waals surface area contributed by atoms with E-state index >= 15 is 0 Å². The number of nitrogens with zero attached hydrogens (tertiary/aromatic N) is 3. The van der Waals surface area contributed by atoms with Crippen molar-refractivity contribution in [2.75, 3.05) is 36.9 Å². The normalized spacial score (nSPS) is 28.0. The first-order valence-electron chi connectivity index (χ1n) is 7.41. The van der Waals surface area contributed by atoms with E-state index in [0.29, 0.717) is 12.1 Å². The minimum absolute atomic E-state index is 0.547. The zero-order valence-electron chi connectivity index (χ0n) is 12.0. The van der Waals surface area contributed by atoms with Gasteiger partial charge in [0.15, 0.2) is 5.82 Å². The minimum atomic E-state index is 0.547. The SMILES string of the molecule is CC1CC(Nc2cccnc2N2CCCC2)CN1C. The first-order chi connectivity index (χ1) is 9.24. The summed E-state index contributed by atoms with van der Waals surface area (Å²) in [6.07, 6.45) is 5.70. The Morgan fingerprint density at radius 2 is 2.11 bits per heavy atom. The smallest absolute Gasteiger partial charge is 0.151 e. The summed E-state index contributed by atoms with van der Waals surface area (Å²) in [7, 11) is 2.21. The molecule has 1 N–H and O–H groups in total. The number of aromatic nitrogens is 1. The van der Waals surface area contributed by atoms with Crippen molar-refractivity contribution < 1.29 is 0 Å². The van der Waals surface area contributed by atoms with E-state index in [2.05, 4.69) is 40.1 Å². The summed E-state index contributed by atoms with van der Waals surface area (Å²) in [5.41, 5.74) is 1.21. The molecule has 2 aliphatic heterocycles. The molecule has 4 nitrogen and oxygen atoms in total. The van der Waals surface area contributed by atoms with Crippen LogP contribution in [0.5, 0.6) is 0 Å². The maximum Gasteiger partial charge on any atom is 0.151 e. The molecule has 3 heterocycles. The third kappa shape index (κ3) is 2.68. The predicted octanol–water partition coefficient (Wildman–Crippen LogP) is 2.19. The van der Waals surface area contributed by atoms with Crippen LogP contribution >= 0.6 is 0 Å². The van der Waals surface area contributed by atoms with Gasteiger partial charge in [-0.1, -0.05) is 0 Å². The van der Waals surface area contributed by atoms with E-state index in [1.807, 2.05) is 12.3 Å². The van der Waals surface area contributed by atoms with Crippen molar-refractivity contribution in [2.45, 2.75) is 38.3 Å². The van der Waals surface area contributed by atoms with E-state index in [9.17, 15) is 0 Å². The lowest BCUT2D eigenvalue weighted by molar-refractivity contribution is 0.330. The number of likely N-dealkylation sites (tertiary alicyclic amines) is 1. The van der Waals surface area contributed by atoms with Crippen LogP contribution in [0.15, 0.2) is 18.3 Å². The average Bonchev–Trinajstić information content (AvgIpc) is 3.02. The quantitative estimate of drug-likeness (QED) is 0.902. The van der Waals surface area contributed by atoms with Gasteiger partial charge in [0.25, 0.3) is 0 Å². The van der Waals surface area contributed by atoms with Crippen LogP contribution in [0, 0.1) is 0 Å². The number of nitrogens with one attached hydrogen (secondary N) is 1. The molecule has 2 fully saturated rings. The molecule has 0 bridgehead atoms. The van der Waals surface area contributed by atoms with Crippen LogP contribution in [-0.4, -0.2) is 48.6 Å². The molecule has 104 valence electrons. The van der Waals surface area contributed by atoms with Gasteiger partial charge >= 0.3 is 0 Å². The van der Waals surface area contributed by atoms with Gasteiger partial charge in [-0.2, -0.15) is 0 Å². The largest absolute Gasteiger partial charge is 0.378 e. The number of hydrogen-bond acceptors (Lipinski definition) is 4. The molecule has 3 rings (SSSR count). The topological polar surface area (TPSA) is 31.4 Å². The molecule has 0 aliphatic carbocycles. The molecule has 1 aromatic heterocycles. The summed E-state index contributed by atoms with van der Waals surface area (Å²) in [6.45, 7) is 5.71. The molecule has 0 saturated carbocycles. The molecule has 0 amide bonds. The third-order valence-electron chi connectivity index (χ3n) is 4.44. The molecule has 4 heteroatoms. The predicted molar refractivity (Wildman–Crippen MR) is 79.8 cm³/mol. The number of rotatable bonds is 3. The third-order valence-corrected chi connectivity index (χ3v) is 4.44. The van der Waals surface area contributed by atoms with Gasteiger partial charge in [0, 0.05) is 37.9 Å². The van der Waals surface area contributed by atoms with E-state index < -0.39 is 0 Å². The molecule has 2 saturated heterocycles. The van der Waals surface area contributed by atoms with E-state index in [0.717, 1.165) is 25.5 Å². The van der Waals surface area contributed by atoms with Crippen LogP contribution in [0.4, 0.5) is 11.5 Å². The summed E-state index contributed by atoms with van der Waals surface area (Å²) in [5, 5.41) is 3.70. The fourth-order valence-electron chi connectivity index (χ4n) is 3.21. The van der Waals surface area contributed by atoms with Crippen LogP contribution in [0.25, 0.3) is 0 Å². The van der Waals surface area contributed by atoms with Crippen LogP contribution in [0.2, 0.25) is 0 Å². The monoisotopic (exact) mass is 260 g/mol. The zero-order chi connectivity index (χ0) is 13.2. The summed E-state index contributed by atoms with van der Waals surface area (Å²) in [5.74, 6) is 1.14. The minimum Gasteiger partial charge on any atom is -0.378 e. The van der Waals surface area contributed by atoms with E-state index in [-0.39, 0.29) is 0 Å². The van der Waals surface area contributed by atoms with Crippen molar-refractivity contribution in [3.8, 4) is 0 Å². The highest BCUT2D eigenvalue weighted by atomic mass is 15.2. The highest BCUT2D eigenvalue weighted by molar-refractivity contribution is 5.66. The summed E-state index contributed by atoms with van der Waals surface area (Å²) >= 11 is 0. The van der Waals surface area contributed by atoms with Crippen molar-refractivity contribution in [3.05, 3.63) is 18.3 Å². The number of anilines is 2. The van der Waals surface area contributed by atoms with Crippen LogP contribution in [0.3, 0.4) is 0 Å². The second kappa shape index (κ2) is 5.37. The van der Waals surface area contributed by atoms with Crippen molar-refractivity contribution in [3.63, 3.8) is 0 Å². The first-order valence-corrected chi connectivity index (χ1v) is 7.41. The molecule has 2 aliphatic rings. The van der Waals surface area contributed by atoms with Gasteiger partial charge < -0.3 is 15.1 Å². The lowest BCUT2D eigenvalue weighted by Gasteiger charge is -2.22. The fraction of sp³-hybridized carbons (Fsp3) is 0.667. The van der Waals surface area contributed by atoms with Crippen molar-refractivity contribution >= 4 is 11.5 Å². The highest BCUT2D eigenvalue weighted by Gasteiger charge is 2.27. The van der Waals surface area contributed by atoms with Crippen molar-refractivity contribution in [2.24, 2.45) is 0 Å². The van der Waals surface area contributed by atoms with Crippen molar-refractivity contribution in [1.82, 2.24) is 9.88 Å². The maximum absolute atomic E-state index is 4.59. The summed E-state index contributed by atoms with van der Waals surface area (Å²) in [6, 6.07) is 5.42. The number of hydrogen-bond donors (Lipinski definition) is 1. The maximum atomic E-state index is 4.59. The second-order valence-corrected chi connectivity index (χ2v) is 5.93. The first kappa shape index (κ1) is 12.7. The van der Waals surface area contributed by atoms with Gasteiger partial charge in [0.2, 0.25) is 0 Å². The van der Waals surface area contributed by atoms with E-state index in [4.69, 9.17) is 0 Å². The summed E-state index contributed by atoms with van der Waals surface area (Å²) < 4.78 is 0. The zero-order valence-corrected chi connectivity index (χ0v) is 12.0. The Kier molecular flexibility index (Phi) is 3.60. The van der Waals surface area contributed by atoms with Gasteiger partial charge in [0.1, 0.15) is 0 Å². The standard InChI is InChI=1S/C15H24N4/c1-12-10-13(11-18(12)2)17-14-6-5-7-16-15(14)19-8-3-4-9-19/h5-7,12-13,17H,3-4,8-11H2,1-2H3. The van der Waals surface area contributed by atoms with Gasteiger partial charge in [-0.25, -0.2) is 4.98 Å². The molecule has 0 aromatic carbocycles. The van der Waals surface area contributed by atoms with Crippen LogP contribution < -0.4 is 10.2 Å². The molecule has 2 unspecified atom stereocenters. The Balaban J connectivity index is 1.73. The van der Waals surface area contributed by atoms with Crippen LogP contribution in [0.1, 0.15) is 26.2 Å². The van der Waals surface area contributed by atoms with Gasteiger partial charge in [-0.05, 0) is 45.4 Å². The summed E-state index contributed by atoms with van der Waals surface area (Å²) in [4.78, 5) is 9.42. The number of likely N-dealkylation sites (N-methyl/N-ethyl adjacent to an activating group) is 1. The Morgan fingerprint density at radius 3 is 2.79 bits per heavy atom. The van der Waals surface area contributed by atoms with E-state index in [1.54, 1.807) is 0 Å². The lowest BCUT2D eigenvalue weighted by atomic mass is 10.2. The Labute approximate surface area is 115 Å². The van der Waals surface area contributed by atoms with Gasteiger partial charge in [-0.3, -0.25) is 0 Å². The average molecular weight is 260 g/mol. The molecular weight excluding hydrogens is 236 g/mol. The highest BCUT2D eigenvalue weighted by Crippen LogP contribution is 2.28. The Morgan fingerprint density at radius 1 is 1.32 bits per heavy atom. The molecule has 0 spiro atoms. The molecule has 19 heavy (non-hydrogen) atoms. The fourth-order valence-corrected chi connectivity index (χ4v) is 3.21. The Hall–Kier alpha value is -1.29. The molecule has 2 atom stereocenters.